The van der Waals surface area contributed by atoms with Gasteiger partial charge in [-0.05, 0) is 66.9 Å². The maximum absolute atomic E-state index is 12.9. The van der Waals surface area contributed by atoms with Crippen LogP contribution in [-0.2, 0) is 9.59 Å². The Labute approximate surface area is 165 Å². The Morgan fingerprint density at radius 2 is 1.67 bits per heavy atom. The number of carbonyl (C=O) groups excluding carboxylic acids is 3. The Morgan fingerprint density at radius 3 is 2.26 bits per heavy atom. The summed E-state index contributed by atoms with van der Waals surface area (Å²) in [5, 5.41) is 12.4. The number of imide groups is 2. The maximum Gasteiger partial charge on any atom is 0.335 e. The average Bonchev–Trinajstić information content (AvgIpc) is 2.58. The van der Waals surface area contributed by atoms with Gasteiger partial charge in [0.05, 0.1) is 10.7 Å². The van der Waals surface area contributed by atoms with Crippen LogP contribution in [0, 0.1) is 13.8 Å². The largest absolute Gasteiger partial charge is 0.507 e. The van der Waals surface area contributed by atoms with E-state index in [-0.39, 0.29) is 22.0 Å². The monoisotopic (exact) mass is 404 g/mol. The molecule has 6 nitrogen and oxygen atoms in total. The van der Waals surface area contributed by atoms with Gasteiger partial charge >= 0.3 is 6.03 Å². The minimum absolute atomic E-state index is 0.0935. The van der Waals surface area contributed by atoms with E-state index in [9.17, 15) is 19.5 Å². The fourth-order valence-corrected chi connectivity index (χ4v) is 3.27. The van der Waals surface area contributed by atoms with E-state index in [1.807, 2.05) is 0 Å². The van der Waals surface area contributed by atoms with Crippen LogP contribution >= 0.6 is 23.2 Å². The lowest BCUT2D eigenvalue weighted by Gasteiger charge is -2.27. The number of amides is 4. The number of halogens is 2. The van der Waals surface area contributed by atoms with E-state index in [1.54, 1.807) is 26.0 Å². The minimum atomic E-state index is -0.899. The van der Waals surface area contributed by atoms with Gasteiger partial charge in [0, 0.05) is 5.02 Å². The molecule has 138 valence electrons. The van der Waals surface area contributed by atoms with E-state index in [0.717, 1.165) is 4.90 Å². The molecule has 3 rings (SSSR count). The second kappa shape index (κ2) is 7.06. The molecule has 2 aromatic carbocycles. The van der Waals surface area contributed by atoms with Gasteiger partial charge in [-0.2, -0.15) is 0 Å². The summed E-state index contributed by atoms with van der Waals surface area (Å²) in [6.07, 6.45) is 1.36. The zero-order chi connectivity index (χ0) is 19.9. The van der Waals surface area contributed by atoms with E-state index in [1.165, 1.54) is 24.3 Å². The highest BCUT2D eigenvalue weighted by Gasteiger charge is 2.37. The summed E-state index contributed by atoms with van der Waals surface area (Å²) in [5.41, 5.74) is 1.61. The first-order chi connectivity index (χ1) is 12.7. The van der Waals surface area contributed by atoms with Gasteiger partial charge in [-0.15, -0.1) is 0 Å². The Balaban J connectivity index is 2.07. The molecule has 0 radical (unpaired) electrons. The molecule has 27 heavy (non-hydrogen) atoms. The fourth-order valence-electron chi connectivity index (χ4n) is 2.78. The molecule has 1 aliphatic heterocycles. The van der Waals surface area contributed by atoms with Gasteiger partial charge < -0.3 is 5.11 Å². The lowest BCUT2D eigenvalue weighted by Crippen LogP contribution is -2.54. The summed E-state index contributed by atoms with van der Waals surface area (Å²) in [7, 11) is 0. The van der Waals surface area contributed by atoms with Crippen molar-refractivity contribution in [3.8, 4) is 5.75 Å². The number of phenols is 1. The molecule has 2 aromatic rings. The van der Waals surface area contributed by atoms with Gasteiger partial charge in [-0.1, -0.05) is 23.2 Å². The predicted octanol–water partition coefficient (Wildman–Crippen LogP) is 3.98. The van der Waals surface area contributed by atoms with Crippen LogP contribution in [0.4, 0.5) is 10.5 Å². The van der Waals surface area contributed by atoms with Crippen LogP contribution in [0.25, 0.3) is 6.08 Å². The van der Waals surface area contributed by atoms with Gasteiger partial charge in [-0.25, -0.2) is 9.69 Å². The first-order valence-corrected chi connectivity index (χ1v) is 8.61. The number of anilines is 1. The number of carbonyl (C=O) groups is 3. The molecule has 0 atom stereocenters. The Morgan fingerprint density at radius 1 is 1.04 bits per heavy atom. The number of urea groups is 1. The first-order valence-electron chi connectivity index (χ1n) is 7.85. The normalized spacial score (nSPS) is 16.1. The Kier molecular flexibility index (Phi) is 4.95. The topological polar surface area (TPSA) is 86.7 Å². The third-order valence-corrected chi connectivity index (χ3v) is 4.61. The van der Waals surface area contributed by atoms with Gasteiger partial charge in [0.15, 0.2) is 0 Å². The van der Waals surface area contributed by atoms with Gasteiger partial charge in [0.25, 0.3) is 11.8 Å². The number of hydrogen-bond donors (Lipinski definition) is 2. The molecule has 0 aliphatic carbocycles. The molecule has 0 unspecified atom stereocenters. The van der Waals surface area contributed by atoms with Crippen molar-refractivity contribution in [2.45, 2.75) is 13.8 Å². The number of phenolic OH excluding ortho intramolecular Hbond substituents is 1. The smallest absolute Gasteiger partial charge is 0.335 e. The summed E-state index contributed by atoms with van der Waals surface area (Å²) < 4.78 is 0. The van der Waals surface area contributed by atoms with E-state index < -0.39 is 17.8 Å². The second-order valence-corrected chi connectivity index (χ2v) is 6.90. The number of rotatable bonds is 2. The van der Waals surface area contributed by atoms with Crippen molar-refractivity contribution < 1.29 is 19.5 Å². The lowest BCUT2D eigenvalue weighted by atomic mass is 10.0. The summed E-state index contributed by atoms with van der Waals surface area (Å²) in [4.78, 5) is 38.1. The molecule has 1 fully saturated rings. The van der Waals surface area contributed by atoms with Crippen molar-refractivity contribution >= 4 is 52.8 Å². The number of nitrogens with zero attached hydrogens (tertiary/aromatic N) is 1. The van der Waals surface area contributed by atoms with Crippen LogP contribution in [0.1, 0.15) is 16.7 Å². The fraction of sp³-hybridized carbons (Fsp3) is 0.105. The standard InChI is InChI=1S/C19H14Cl2N2O4/c1-9-5-11(6-10(2)16(9)24)7-13-17(25)22-19(27)23(18(13)26)15-4-3-12(20)8-14(15)21/h3-8,24H,1-2H3,(H,22,25,27)/b13-7+. The molecular weight excluding hydrogens is 391 g/mol. The zero-order valence-electron chi connectivity index (χ0n) is 14.3. The van der Waals surface area contributed by atoms with Crippen LogP contribution < -0.4 is 10.2 Å². The maximum atomic E-state index is 12.9. The summed E-state index contributed by atoms with van der Waals surface area (Å²) in [6, 6.07) is 6.66. The highest BCUT2D eigenvalue weighted by molar-refractivity contribution is 6.42. The molecule has 0 aromatic heterocycles. The Hall–Kier alpha value is -2.83. The SMILES string of the molecule is Cc1cc(/C=C2\C(=O)NC(=O)N(c3ccc(Cl)cc3Cl)C2=O)cc(C)c1O. The molecule has 4 amide bonds. The van der Waals surface area contributed by atoms with Crippen molar-refractivity contribution in [1.29, 1.82) is 0 Å². The van der Waals surface area contributed by atoms with Gasteiger partial charge in [0.2, 0.25) is 0 Å². The molecule has 0 spiro atoms. The van der Waals surface area contributed by atoms with Crippen molar-refractivity contribution in [3.05, 3.63) is 62.6 Å². The van der Waals surface area contributed by atoms with E-state index >= 15 is 0 Å². The zero-order valence-corrected chi connectivity index (χ0v) is 15.9. The number of aromatic hydroxyl groups is 1. The van der Waals surface area contributed by atoms with Crippen LogP contribution in [0.15, 0.2) is 35.9 Å². The highest BCUT2D eigenvalue weighted by atomic mass is 35.5. The number of hydrogen-bond acceptors (Lipinski definition) is 4. The summed E-state index contributed by atoms with van der Waals surface area (Å²) in [6.45, 7) is 3.41. The molecule has 1 saturated heterocycles. The van der Waals surface area contributed by atoms with Gasteiger partial charge in [0.1, 0.15) is 11.3 Å². The number of benzene rings is 2. The molecule has 0 bridgehead atoms. The lowest BCUT2D eigenvalue weighted by molar-refractivity contribution is -0.122. The molecule has 2 N–H and O–H groups in total. The number of nitrogens with one attached hydrogen (secondary N) is 1. The summed E-state index contributed by atoms with van der Waals surface area (Å²) >= 11 is 12.0. The van der Waals surface area contributed by atoms with E-state index in [4.69, 9.17) is 23.2 Å². The van der Waals surface area contributed by atoms with Crippen LogP contribution in [0.5, 0.6) is 5.75 Å². The van der Waals surface area contributed by atoms with Crippen molar-refractivity contribution in [3.63, 3.8) is 0 Å². The third-order valence-electron chi connectivity index (χ3n) is 4.08. The second-order valence-electron chi connectivity index (χ2n) is 6.06. The third kappa shape index (κ3) is 3.54. The molecule has 0 saturated carbocycles. The van der Waals surface area contributed by atoms with Crippen molar-refractivity contribution in [1.82, 2.24) is 5.32 Å². The highest BCUT2D eigenvalue weighted by Crippen LogP contribution is 2.32. The molecule has 1 heterocycles. The summed E-state index contributed by atoms with van der Waals surface area (Å²) in [5.74, 6) is -1.48. The van der Waals surface area contributed by atoms with Crippen molar-refractivity contribution in [2.75, 3.05) is 4.90 Å². The molecule has 1 aliphatic rings. The predicted molar refractivity (Wildman–Crippen MR) is 103 cm³/mol. The van der Waals surface area contributed by atoms with Crippen LogP contribution in [0.3, 0.4) is 0 Å². The molecular formula is C19H14Cl2N2O4. The quantitative estimate of drug-likeness (QED) is 0.585. The molecule has 8 heteroatoms. The first kappa shape index (κ1) is 18.9. The van der Waals surface area contributed by atoms with Crippen LogP contribution in [0.2, 0.25) is 10.0 Å². The number of aryl methyl sites for hydroxylation is 2. The van der Waals surface area contributed by atoms with Crippen molar-refractivity contribution in [2.24, 2.45) is 0 Å². The van der Waals surface area contributed by atoms with E-state index in [2.05, 4.69) is 5.32 Å². The average molecular weight is 405 g/mol. The minimum Gasteiger partial charge on any atom is -0.507 e. The Bertz CT molecular complexity index is 1010. The van der Waals surface area contributed by atoms with Crippen LogP contribution in [-0.4, -0.2) is 23.0 Å². The number of barbiturate groups is 1. The van der Waals surface area contributed by atoms with Gasteiger partial charge in [-0.3, -0.25) is 14.9 Å². The van der Waals surface area contributed by atoms with E-state index in [0.29, 0.717) is 21.7 Å².